The summed E-state index contributed by atoms with van der Waals surface area (Å²) in [4.78, 5) is 25.0. The van der Waals surface area contributed by atoms with Crippen LogP contribution in [0, 0.1) is 0 Å². The van der Waals surface area contributed by atoms with E-state index in [9.17, 15) is 9.59 Å². The van der Waals surface area contributed by atoms with Gasteiger partial charge in [0.05, 0.1) is 6.61 Å². The molecule has 0 bridgehead atoms. The fourth-order valence-electron chi connectivity index (χ4n) is 2.33. The molecular weight excluding hydrogens is 258 g/mol. The Kier molecular flexibility index (Phi) is 8.02. The number of nitrogens with one attached hydrogen (secondary N) is 1. The largest absolute Gasteiger partial charge is 0.450 e. The molecule has 6 heteroatoms. The van der Waals surface area contributed by atoms with Gasteiger partial charge in [-0.25, -0.2) is 4.79 Å². The van der Waals surface area contributed by atoms with Gasteiger partial charge in [-0.3, -0.25) is 4.79 Å². The molecule has 1 fully saturated rings. The summed E-state index contributed by atoms with van der Waals surface area (Å²) in [6, 6.07) is 0.183. The van der Waals surface area contributed by atoms with Crippen LogP contribution in [0.15, 0.2) is 0 Å². The van der Waals surface area contributed by atoms with Gasteiger partial charge < -0.3 is 20.7 Å². The van der Waals surface area contributed by atoms with Crippen molar-refractivity contribution in [3.8, 4) is 0 Å². The number of likely N-dealkylation sites (tertiary alicyclic amines) is 1. The lowest BCUT2D eigenvalue weighted by atomic mass is 10.0. The molecule has 0 spiro atoms. The number of carbonyl (C=O) groups is 2. The molecule has 0 aromatic heterocycles. The van der Waals surface area contributed by atoms with Gasteiger partial charge in [0.1, 0.15) is 0 Å². The fourth-order valence-corrected chi connectivity index (χ4v) is 2.33. The van der Waals surface area contributed by atoms with E-state index in [1.165, 1.54) is 0 Å². The molecule has 1 heterocycles. The number of nitrogens with two attached hydrogens (primary N) is 1. The van der Waals surface area contributed by atoms with Crippen molar-refractivity contribution >= 4 is 12.0 Å². The van der Waals surface area contributed by atoms with Gasteiger partial charge in [0.25, 0.3) is 0 Å². The van der Waals surface area contributed by atoms with Gasteiger partial charge >= 0.3 is 6.09 Å². The number of nitrogens with zero attached hydrogens (tertiary/aromatic N) is 1. The molecule has 2 amide bonds. The smallest absolute Gasteiger partial charge is 0.409 e. The zero-order valence-corrected chi connectivity index (χ0v) is 12.4. The van der Waals surface area contributed by atoms with Crippen LogP contribution >= 0.6 is 0 Å². The van der Waals surface area contributed by atoms with Gasteiger partial charge in [-0.15, -0.1) is 0 Å². The first-order valence-corrected chi connectivity index (χ1v) is 7.58. The minimum absolute atomic E-state index is 0.108. The second kappa shape index (κ2) is 9.58. The van der Waals surface area contributed by atoms with Crippen molar-refractivity contribution in [3.63, 3.8) is 0 Å². The van der Waals surface area contributed by atoms with Gasteiger partial charge in [-0.2, -0.15) is 0 Å². The second-order valence-electron chi connectivity index (χ2n) is 5.13. The maximum absolute atomic E-state index is 11.7. The monoisotopic (exact) mass is 285 g/mol. The molecule has 1 saturated heterocycles. The highest BCUT2D eigenvalue weighted by molar-refractivity contribution is 5.76. The number of unbranched alkanes of at least 4 members (excludes halogenated alkanes) is 2. The number of hydrogen-bond donors (Lipinski definition) is 2. The average molecular weight is 285 g/mol. The maximum Gasteiger partial charge on any atom is 0.409 e. The standard InChI is InChI=1S/C14H27N3O3/c1-2-20-14(19)17-10-7-12(8-11-17)16-13(18)6-4-3-5-9-15/h12H,2-11,15H2,1H3,(H,16,18). The maximum atomic E-state index is 11.7. The molecule has 1 aliphatic heterocycles. The quantitative estimate of drug-likeness (QED) is 0.689. The minimum Gasteiger partial charge on any atom is -0.450 e. The van der Waals surface area contributed by atoms with Crippen molar-refractivity contribution in [2.45, 2.75) is 51.5 Å². The van der Waals surface area contributed by atoms with Crippen molar-refractivity contribution in [1.82, 2.24) is 10.2 Å². The van der Waals surface area contributed by atoms with Crippen LogP contribution in [0.25, 0.3) is 0 Å². The van der Waals surface area contributed by atoms with Crippen molar-refractivity contribution in [3.05, 3.63) is 0 Å². The molecule has 20 heavy (non-hydrogen) atoms. The molecule has 0 atom stereocenters. The lowest BCUT2D eigenvalue weighted by Gasteiger charge is -2.31. The Balaban J connectivity index is 2.15. The van der Waals surface area contributed by atoms with Gasteiger partial charge in [0.2, 0.25) is 5.91 Å². The SMILES string of the molecule is CCOC(=O)N1CCC(NC(=O)CCCCCN)CC1. The highest BCUT2D eigenvalue weighted by atomic mass is 16.6. The molecule has 1 aliphatic rings. The van der Waals surface area contributed by atoms with Crippen LogP contribution in [-0.4, -0.2) is 49.2 Å². The second-order valence-corrected chi connectivity index (χ2v) is 5.13. The van der Waals surface area contributed by atoms with Crippen LogP contribution in [0.2, 0.25) is 0 Å². The van der Waals surface area contributed by atoms with Crippen molar-refractivity contribution in [2.24, 2.45) is 5.73 Å². The Morgan fingerprint density at radius 3 is 2.55 bits per heavy atom. The zero-order valence-electron chi connectivity index (χ0n) is 12.4. The molecule has 0 aromatic rings. The Bertz CT molecular complexity index is 302. The third-order valence-electron chi connectivity index (χ3n) is 3.49. The van der Waals surface area contributed by atoms with Crippen LogP contribution in [-0.2, 0) is 9.53 Å². The van der Waals surface area contributed by atoms with E-state index in [2.05, 4.69) is 5.32 Å². The summed E-state index contributed by atoms with van der Waals surface area (Å²) in [5, 5.41) is 3.04. The highest BCUT2D eigenvalue weighted by Gasteiger charge is 2.24. The normalized spacial score (nSPS) is 16.0. The molecule has 116 valence electrons. The number of piperidine rings is 1. The van der Waals surface area contributed by atoms with Crippen LogP contribution in [0.1, 0.15) is 45.4 Å². The van der Waals surface area contributed by atoms with Crippen LogP contribution in [0.4, 0.5) is 4.79 Å². The van der Waals surface area contributed by atoms with Crippen LogP contribution in [0.5, 0.6) is 0 Å². The predicted molar refractivity (Wildman–Crippen MR) is 77.3 cm³/mol. The Morgan fingerprint density at radius 2 is 1.95 bits per heavy atom. The van der Waals surface area contributed by atoms with Gasteiger partial charge in [0, 0.05) is 25.6 Å². The van der Waals surface area contributed by atoms with Crippen LogP contribution < -0.4 is 11.1 Å². The number of rotatable bonds is 7. The summed E-state index contributed by atoms with van der Waals surface area (Å²) >= 11 is 0. The Labute approximate surface area is 121 Å². The molecule has 3 N–H and O–H groups in total. The molecule has 6 nitrogen and oxygen atoms in total. The van der Waals surface area contributed by atoms with E-state index in [0.717, 1.165) is 32.1 Å². The summed E-state index contributed by atoms with van der Waals surface area (Å²) in [5.74, 6) is 0.108. The van der Waals surface area contributed by atoms with Gasteiger partial charge in [0.15, 0.2) is 0 Å². The number of ether oxygens (including phenoxy) is 1. The first kappa shape index (κ1) is 16.8. The van der Waals surface area contributed by atoms with Gasteiger partial charge in [-0.1, -0.05) is 6.42 Å². The first-order chi connectivity index (χ1) is 9.67. The highest BCUT2D eigenvalue weighted by Crippen LogP contribution is 2.12. The molecule has 0 radical (unpaired) electrons. The Hall–Kier alpha value is -1.30. The average Bonchev–Trinajstić information content (AvgIpc) is 2.45. The minimum atomic E-state index is -0.251. The zero-order chi connectivity index (χ0) is 14.8. The Morgan fingerprint density at radius 1 is 1.25 bits per heavy atom. The summed E-state index contributed by atoms with van der Waals surface area (Å²) in [7, 11) is 0. The van der Waals surface area contributed by atoms with E-state index < -0.39 is 0 Å². The predicted octanol–water partition coefficient (Wildman–Crippen LogP) is 1.24. The van der Waals surface area contributed by atoms with Crippen molar-refractivity contribution in [2.75, 3.05) is 26.2 Å². The number of amides is 2. The first-order valence-electron chi connectivity index (χ1n) is 7.58. The molecule has 0 aliphatic carbocycles. The summed E-state index contributed by atoms with van der Waals surface area (Å²) in [5.41, 5.74) is 5.41. The molecule has 0 unspecified atom stereocenters. The topological polar surface area (TPSA) is 84.7 Å². The summed E-state index contributed by atoms with van der Waals surface area (Å²) in [6.07, 6.45) is 4.79. The van der Waals surface area contributed by atoms with Gasteiger partial charge in [-0.05, 0) is 39.2 Å². The van der Waals surface area contributed by atoms with E-state index in [0.29, 0.717) is 32.7 Å². The molecule has 1 rings (SSSR count). The molecular formula is C14H27N3O3. The van der Waals surface area contributed by atoms with Crippen LogP contribution in [0.3, 0.4) is 0 Å². The molecule has 0 aromatic carbocycles. The van der Waals surface area contributed by atoms with E-state index >= 15 is 0 Å². The lowest BCUT2D eigenvalue weighted by molar-refractivity contribution is -0.122. The summed E-state index contributed by atoms with van der Waals surface area (Å²) in [6.45, 7) is 4.19. The van der Waals surface area contributed by atoms with E-state index in [4.69, 9.17) is 10.5 Å². The lowest BCUT2D eigenvalue weighted by Crippen LogP contribution is -2.46. The number of hydrogen-bond acceptors (Lipinski definition) is 4. The van der Waals surface area contributed by atoms with E-state index in [1.807, 2.05) is 0 Å². The fraction of sp³-hybridized carbons (Fsp3) is 0.857. The van der Waals surface area contributed by atoms with E-state index in [-0.39, 0.29) is 18.0 Å². The van der Waals surface area contributed by atoms with Crippen molar-refractivity contribution < 1.29 is 14.3 Å². The summed E-state index contributed by atoms with van der Waals surface area (Å²) < 4.78 is 4.96. The van der Waals surface area contributed by atoms with Crippen molar-refractivity contribution in [1.29, 1.82) is 0 Å². The third-order valence-corrected chi connectivity index (χ3v) is 3.49. The van der Waals surface area contributed by atoms with E-state index in [1.54, 1.807) is 11.8 Å². The number of carbonyl (C=O) groups excluding carboxylic acids is 2. The molecule has 0 saturated carbocycles. The third kappa shape index (κ3) is 6.23.